The quantitative estimate of drug-likeness (QED) is 0.485. The largest absolute Gasteiger partial charge is 0.481 e. The second-order valence-corrected chi connectivity index (χ2v) is 7.41. The molecule has 2 aromatic carbocycles. The zero-order chi connectivity index (χ0) is 21.4. The van der Waals surface area contributed by atoms with E-state index >= 15 is 0 Å². The summed E-state index contributed by atoms with van der Waals surface area (Å²) < 4.78 is 5.24. The number of aromatic nitrogens is 2. The van der Waals surface area contributed by atoms with Crippen molar-refractivity contribution in [3.63, 3.8) is 0 Å². The lowest BCUT2D eigenvalue weighted by molar-refractivity contribution is 0.0999. The molecule has 2 heterocycles. The van der Waals surface area contributed by atoms with E-state index in [-0.39, 0.29) is 0 Å². The number of carbonyl (C=O) groups is 1. The summed E-state index contributed by atoms with van der Waals surface area (Å²) in [6, 6.07) is 12.0. The Kier molecular flexibility index (Phi) is 5.04. The molecule has 0 unspecified atom stereocenters. The second kappa shape index (κ2) is 7.67. The van der Waals surface area contributed by atoms with Crippen molar-refractivity contribution in [2.45, 2.75) is 27.2 Å². The van der Waals surface area contributed by atoms with Crippen molar-refractivity contribution in [1.29, 1.82) is 0 Å². The van der Waals surface area contributed by atoms with Crippen LogP contribution >= 0.6 is 0 Å². The molecule has 0 spiro atoms. The zero-order valence-corrected chi connectivity index (χ0v) is 17.7. The van der Waals surface area contributed by atoms with Gasteiger partial charge in [0.1, 0.15) is 0 Å². The summed E-state index contributed by atoms with van der Waals surface area (Å²) in [5.74, 6) is 0.166. The first-order valence-electron chi connectivity index (χ1n) is 10.0. The van der Waals surface area contributed by atoms with Gasteiger partial charge in [0.15, 0.2) is 0 Å². The molecule has 4 aromatic rings. The average Bonchev–Trinajstić information content (AvgIpc) is 3.18. The van der Waals surface area contributed by atoms with E-state index in [1.807, 2.05) is 50.5 Å². The SMILES string of the molecule is CCc1c(C(N)=O)c(C)c(C)c(-c2ccc(OC)nc2)c1-c1c[nH]c2ccccc12. The van der Waals surface area contributed by atoms with E-state index in [0.717, 1.165) is 49.8 Å². The van der Waals surface area contributed by atoms with E-state index in [4.69, 9.17) is 10.5 Å². The second-order valence-electron chi connectivity index (χ2n) is 7.41. The summed E-state index contributed by atoms with van der Waals surface area (Å²) >= 11 is 0. The van der Waals surface area contributed by atoms with Gasteiger partial charge in [0, 0.05) is 46.1 Å². The molecule has 0 aliphatic heterocycles. The van der Waals surface area contributed by atoms with Gasteiger partial charge < -0.3 is 15.5 Å². The Morgan fingerprint density at radius 2 is 1.87 bits per heavy atom. The number of hydrogen-bond acceptors (Lipinski definition) is 3. The fourth-order valence-electron chi connectivity index (χ4n) is 4.34. The molecule has 0 aliphatic rings. The predicted molar refractivity (Wildman–Crippen MR) is 121 cm³/mol. The Labute approximate surface area is 175 Å². The third-order valence-corrected chi connectivity index (χ3v) is 5.86. The molecule has 152 valence electrons. The van der Waals surface area contributed by atoms with Crippen LogP contribution in [-0.2, 0) is 6.42 Å². The zero-order valence-electron chi connectivity index (χ0n) is 17.7. The summed E-state index contributed by atoms with van der Waals surface area (Å²) in [5.41, 5.74) is 14.5. The molecule has 0 bridgehead atoms. The van der Waals surface area contributed by atoms with Crippen LogP contribution in [0.3, 0.4) is 0 Å². The molecule has 0 fully saturated rings. The highest BCUT2D eigenvalue weighted by molar-refractivity contribution is 6.06. The summed E-state index contributed by atoms with van der Waals surface area (Å²) in [6.45, 7) is 6.07. The van der Waals surface area contributed by atoms with Gasteiger partial charge in [0.25, 0.3) is 0 Å². The number of nitrogens with one attached hydrogen (secondary N) is 1. The maximum atomic E-state index is 12.5. The lowest BCUT2D eigenvalue weighted by Gasteiger charge is -2.22. The van der Waals surface area contributed by atoms with Crippen LogP contribution in [0.1, 0.15) is 34.0 Å². The lowest BCUT2D eigenvalue weighted by Crippen LogP contribution is -2.18. The molecule has 2 aromatic heterocycles. The molecular weight excluding hydrogens is 374 g/mol. The maximum absolute atomic E-state index is 12.5. The molecule has 3 N–H and O–H groups in total. The number of nitrogens with zero attached hydrogens (tertiary/aromatic N) is 1. The van der Waals surface area contributed by atoms with Gasteiger partial charge in [0.2, 0.25) is 11.8 Å². The minimum Gasteiger partial charge on any atom is -0.481 e. The number of carbonyl (C=O) groups excluding carboxylic acids is 1. The highest BCUT2D eigenvalue weighted by Crippen LogP contribution is 2.43. The number of methoxy groups -OCH3 is 1. The van der Waals surface area contributed by atoms with Crippen molar-refractivity contribution >= 4 is 16.8 Å². The van der Waals surface area contributed by atoms with E-state index in [2.05, 4.69) is 29.0 Å². The van der Waals surface area contributed by atoms with Gasteiger partial charge in [-0.25, -0.2) is 4.98 Å². The number of pyridine rings is 1. The third-order valence-electron chi connectivity index (χ3n) is 5.86. The van der Waals surface area contributed by atoms with Crippen LogP contribution in [0, 0.1) is 13.8 Å². The van der Waals surface area contributed by atoms with Crippen LogP contribution in [0.25, 0.3) is 33.2 Å². The lowest BCUT2D eigenvalue weighted by atomic mass is 9.81. The fourth-order valence-corrected chi connectivity index (χ4v) is 4.34. The minimum absolute atomic E-state index is 0.395. The van der Waals surface area contributed by atoms with Crippen molar-refractivity contribution in [1.82, 2.24) is 9.97 Å². The van der Waals surface area contributed by atoms with Crippen LogP contribution in [0.2, 0.25) is 0 Å². The van der Waals surface area contributed by atoms with Crippen molar-refractivity contribution in [3.8, 4) is 28.1 Å². The summed E-state index contributed by atoms with van der Waals surface area (Å²) in [7, 11) is 1.60. The third kappa shape index (κ3) is 3.03. The van der Waals surface area contributed by atoms with E-state index in [1.54, 1.807) is 7.11 Å². The molecule has 1 amide bonds. The molecule has 0 saturated carbocycles. The highest BCUT2D eigenvalue weighted by atomic mass is 16.5. The number of rotatable bonds is 5. The molecule has 30 heavy (non-hydrogen) atoms. The number of H-pyrrole nitrogens is 1. The summed E-state index contributed by atoms with van der Waals surface area (Å²) in [4.78, 5) is 20.2. The van der Waals surface area contributed by atoms with Gasteiger partial charge in [-0.1, -0.05) is 25.1 Å². The Bertz CT molecular complexity index is 1250. The molecule has 5 nitrogen and oxygen atoms in total. The van der Waals surface area contributed by atoms with Gasteiger partial charge in [-0.05, 0) is 60.2 Å². The van der Waals surface area contributed by atoms with Gasteiger partial charge in [-0.2, -0.15) is 0 Å². The number of primary amides is 1. The van der Waals surface area contributed by atoms with E-state index in [9.17, 15) is 4.79 Å². The first-order valence-corrected chi connectivity index (χ1v) is 10.0. The van der Waals surface area contributed by atoms with Crippen LogP contribution < -0.4 is 10.5 Å². The molecule has 5 heteroatoms. The van der Waals surface area contributed by atoms with Crippen molar-refractivity contribution in [3.05, 3.63) is 71.0 Å². The molecule has 4 rings (SSSR count). The predicted octanol–water partition coefficient (Wildman–Crippen LogP) is 5.18. The van der Waals surface area contributed by atoms with Crippen molar-refractivity contribution < 1.29 is 9.53 Å². The minimum atomic E-state index is -0.395. The Morgan fingerprint density at radius 3 is 2.50 bits per heavy atom. The first kappa shape index (κ1) is 19.7. The number of benzene rings is 2. The Hall–Kier alpha value is -3.60. The van der Waals surface area contributed by atoms with Gasteiger partial charge >= 0.3 is 0 Å². The number of hydrogen-bond donors (Lipinski definition) is 2. The number of nitrogens with two attached hydrogens (primary N) is 1. The standard InChI is InChI=1S/C25H25N3O2/c1-5-17-23(25(26)29)15(3)14(2)22(16-10-11-21(30-4)28-12-16)24(17)19-13-27-20-9-7-6-8-18(19)20/h6-13,27H,5H2,1-4H3,(H2,26,29). The van der Waals surface area contributed by atoms with Crippen molar-refractivity contribution in [2.75, 3.05) is 7.11 Å². The molecular formula is C25H25N3O2. The van der Waals surface area contributed by atoms with Gasteiger partial charge in [-0.15, -0.1) is 0 Å². The molecule has 0 saturated heterocycles. The topological polar surface area (TPSA) is 81.0 Å². The van der Waals surface area contributed by atoms with Crippen LogP contribution in [-0.4, -0.2) is 23.0 Å². The van der Waals surface area contributed by atoms with Gasteiger partial charge in [-0.3, -0.25) is 4.79 Å². The number of para-hydroxylation sites is 1. The Balaban J connectivity index is 2.16. The Morgan fingerprint density at radius 1 is 1.10 bits per heavy atom. The van der Waals surface area contributed by atoms with Crippen LogP contribution in [0.4, 0.5) is 0 Å². The molecule has 0 aliphatic carbocycles. The number of amides is 1. The number of ether oxygens (including phenoxy) is 1. The smallest absolute Gasteiger partial charge is 0.249 e. The van der Waals surface area contributed by atoms with Crippen LogP contribution in [0.5, 0.6) is 5.88 Å². The van der Waals surface area contributed by atoms with E-state index in [0.29, 0.717) is 17.9 Å². The average molecular weight is 399 g/mol. The maximum Gasteiger partial charge on any atom is 0.249 e. The fraction of sp³-hybridized carbons (Fsp3) is 0.200. The molecule has 0 atom stereocenters. The number of fused-ring (bicyclic) bond motifs is 1. The van der Waals surface area contributed by atoms with E-state index < -0.39 is 5.91 Å². The summed E-state index contributed by atoms with van der Waals surface area (Å²) in [6.07, 6.45) is 4.52. The van der Waals surface area contributed by atoms with E-state index in [1.165, 1.54) is 0 Å². The van der Waals surface area contributed by atoms with Crippen molar-refractivity contribution in [2.24, 2.45) is 5.73 Å². The highest BCUT2D eigenvalue weighted by Gasteiger charge is 2.25. The van der Waals surface area contributed by atoms with Gasteiger partial charge in [0.05, 0.1) is 7.11 Å². The normalized spacial score (nSPS) is 11.1. The van der Waals surface area contributed by atoms with Crippen LogP contribution in [0.15, 0.2) is 48.8 Å². The first-order chi connectivity index (χ1) is 14.5. The number of aromatic amines is 1. The summed E-state index contributed by atoms with van der Waals surface area (Å²) in [5, 5.41) is 1.11. The molecule has 0 radical (unpaired) electrons. The monoisotopic (exact) mass is 399 g/mol.